The third-order valence-corrected chi connectivity index (χ3v) is 4.09. The predicted octanol–water partition coefficient (Wildman–Crippen LogP) is 0.478. The van der Waals surface area contributed by atoms with E-state index >= 15 is 0 Å². The number of hydrogen-bond acceptors (Lipinski definition) is 8. The standard InChI is InChI=1S/C18H20O8/c1-2-15(20)23-8-7-22-12-5-3-11(4-6-12)18(21)26-14-10-25-16-13(19)9-24-17(14)16/h2-6,13-14,16-17,19H,1,7-10H2/t13?,14-,16+,17?/m0/s1. The monoisotopic (exact) mass is 364 g/mol. The number of fused-ring (bicyclic) bond motifs is 1. The summed E-state index contributed by atoms with van der Waals surface area (Å²) in [6.07, 6.45) is -1.03. The van der Waals surface area contributed by atoms with Crippen molar-refractivity contribution in [2.75, 3.05) is 26.4 Å². The van der Waals surface area contributed by atoms with Gasteiger partial charge in [0.05, 0.1) is 18.8 Å². The number of aliphatic hydroxyl groups excluding tert-OH is 1. The molecule has 1 aromatic carbocycles. The fraction of sp³-hybridized carbons (Fsp3) is 0.444. The van der Waals surface area contributed by atoms with Crippen molar-refractivity contribution in [3.8, 4) is 5.75 Å². The van der Waals surface area contributed by atoms with Crippen LogP contribution in [0.15, 0.2) is 36.9 Å². The minimum absolute atomic E-state index is 0.102. The molecule has 0 radical (unpaired) electrons. The maximum absolute atomic E-state index is 12.2. The molecule has 0 spiro atoms. The van der Waals surface area contributed by atoms with Gasteiger partial charge in [-0.15, -0.1) is 0 Å². The van der Waals surface area contributed by atoms with Crippen LogP contribution in [0.2, 0.25) is 0 Å². The minimum atomic E-state index is -0.689. The van der Waals surface area contributed by atoms with Gasteiger partial charge in [-0.3, -0.25) is 0 Å². The van der Waals surface area contributed by atoms with E-state index in [1.165, 1.54) is 0 Å². The summed E-state index contributed by atoms with van der Waals surface area (Å²) in [5.74, 6) is -0.484. The Hall–Kier alpha value is -2.42. The van der Waals surface area contributed by atoms with Crippen LogP contribution in [0.5, 0.6) is 5.75 Å². The van der Waals surface area contributed by atoms with Crippen LogP contribution in [-0.4, -0.2) is 67.9 Å². The molecule has 2 aliphatic heterocycles. The van der Waals surface area contributed by atoms with Gasteiger partial charge in [-0.2, -0.15) is 0 Å². The van der Waals surface area contributed by atoms with Crippen LogP contribution in [0.3, 0.4) is 0 Å². The lowest BCUT2D eigenvalue weighted by molar-refractivity contribution is -0.138. The van der Waals surface area contributed by atoms with Gasteiger partial charge in [-0.25, -0.2) is 9.59 Å². The number of hydrogen-bond donors (Lipinski definition) is 1. The molecule has 2 aliphatic rings. The minimum Gasteiger partial charge on any atom is -0.490 e. The van der Waals surface area contributed by atoms with Crippen LogP contribution in [0.4, 0.5) is 0 Å². The molecular weight excluding hydrogens is 344 g/mol. The Morgan fingerprint density at radius 2 is 1.88 bits per heavy atom. The van der Waals surface area contributed by atoms with Crippen molar-refractivity contribution >= 4 is 11.9 Å². The average Bonchev–Trinajstić information content (AvgIpc) is 3.22. The van der Waals surface area contributed by atoms with Crippen LogP contribution in [0, 0.1) is 0 Å². The van der Waals surface area contributed by atoms with Gasteiger partial charge >= 0.3 is 11.9 Å². The van der Waals surface area contributed by atoms with Crippen LogP contribution in [0.1, 0.15) is 10.4 Å². The highest BCUT2D eigenvalue weighted by Gasteiger charge is 2.48. The maximum atomic E-state index is 12.2. The molecule has 3 rings (SSSR count). The topological polar surface area (TPSA) is 101 Å². The maximum Gasteiger partial charge on any atom is 0.338 e. The van der Waals surface area contributed by atoms with Gasteiger partial charge in [-0.1, -0.05) is 6.58 Å². The first-order valence-corrected chi connectivity index (χ1v) is 8.23. The molecule has 0 aromatic heterocycles. The lowest BCUT2D eigenvalue weighted by Crippen LogP contribution is -2.34. The van der Waals surface area contributed by atoms with E-state index < -0.39 is 36.4 Å². The first-order valence-electron chi connectivity index (χ1n) is 8.23. The molecule has 1 N–H and O–H groups in total. The fourth-order valence-corrected chi connectivity index (χ4v) is 2.80. The number of benzene rings is 1. The van der Waals surface area contributed by atoms with Gasteiger partial charge in [0.15, 0.2) is 6.10 Å². The Morgan fingerprint density at radius 3 is 2.62 bits per heavy atom. The molecule has 2 unspecified atom stereocenters. The molecule has 0 bridgehead atoms. The quantitative estimate of drug-likeness (QED) is 0.424. The molecule has 0 amide bonds. The van der Waals surface area contributed by atoms with E-state index in [1.54, 1.807) is 24.3 Å². The van der Waals surface area contributed by atoms with Crippen LogP contribution < -0.4 is 4.74 Å². The van der Waals surface area contributed by atoms with Crippen molar-refractivity contribution in [3.63, 3.8) is 0 Å². The zero-order valence-corrected chi connectivity index (χ0v) is 14.0. The molecule has 26 heavy (non-hydrogen) atoms. The molecule has 8 heteroatoms. The van der Waals surface area contributed by atoms with Crippen molar-refractivity contribution in [2.24, 2.45) is 0 Å². The van der Waals surface area contributed by atoms with Crippen molar-refractivity contribution in [1.82, 2.24) is 0 Å². The largest absolute Gasteiger partial charge is 0.490 e. The number of carbonyl (C=O) groups excluding carboxylic acids is 2. The first kappa shape index (κ1) is 18.4. The molecule has 0 aliphatic carbocycles. The molecule has 140 valence electrons. The lowest BCUT2D eigenvalue weighted by Gasteiger charge is -2.16. The molecule has 4 atom stereocenters. The van der Waals surface area contributed by atoms with Gasteiger partial charge < -0.3 is 28.8 Å². The van der Waals surface area contributed by atoms with Gasteiger partial charge in [-0.05, 0) is 24.3 Å². The van der Waals surface area contributed by atoms with E-state index in [1.807, 2.05) is 0 Å². The Labute approximate surface area is 150 Å². The molecule has 2 fully saturated rings. The smallest absolute Gasteiger partial charge is 0.338 e. The van der Waals surface area contributed by atoms with Gasteiger partial charge in [0.2, 0.25) is 0 Å². The fourth-order valence-electron chi connectivity index (χ4n) is 2.80. The van der Waals surface area contributed by atoms with Crippen LogP contribution in [-0.2, 0) is 23.7 Å². The highest BCUT2D eigenvalue weighted by molar-refractivity contribution is 5.89. The Morgan fingerprint density at radius 1 is 1.15 bits per heavy atom. The second-order valence-corrected chi connectivity index (χ2v) is 5.85. The Balaban J connectivity index is 1.46. The molecule has 2 saturated heterocycles. The van der Waals surface area contributed by atoms with E-state index in [4.69, 9.17) is 23.7 Å². The summed E-state index contributed by atoms with van der Waals surface area (Å²) in [6.45, 7) is 3.96. The summed E-state index contributed by atoms with van der Waals surface area (Å²) in [7, 11) is 0. The summed E-state index contributed by atoms with van der Waals surface area (Å²) in [5.41, 5.74) is 0.359. The SMILES string of the molecule is C=CC(=O)OCCOc1ccc(C(=O)O[C@H]2CO[C@@H]3C(O)COC32)cc1. The summed E-state index contributed by atoms with van der Waals surface area (Å²) in [4.78, 5) is 23.1. The van der Waals surface area contributed by atoms with E-state index in [0.717, 1.165) is 6.08 Å². The summed E-state index contributed by atoms with van der Waals surface area (Å²) in [5, 5.41) is 9.70. The highest BCUT2D eigenvalue weighted by Crippen LogP contribution is 2.29. The van der Waals surface area contributed by atoms with Crippen molar-refractivity contribution in [1.29, 1.82) is 0 Å². The zero-order chi connectivity index (χ0) is 18.5. The van der Waals surface area contributed by atoms with E-state index in [9.17, 15) is 14.7 Å². The number of carbonyl (C=O) groups is 2. The van der Waals surface area contributed by atoms with E-state index in [-0.39, 0.29) is 26.4 Å². The second kappa shape index (κ2) is 8.31. The van der Waals surface area contributed by atoms with Crippen LogP contribution in [0.25, 0.3) is 0 Å². The summed E-state index contributed by atoms with van der Waals surface area (Å²) < 4.78 is 26.5. The number of aliphatic hydroxyl groups is 1. The third kappa shape index (κ3) is 4.21. The van der Waals surface area contributed by atoms with Crippen molar-refractivity contribution in [2.45, 2.75) is 24.4 Å². The van der Waals surface area contributed by atoms with Crippen molar-refractivity contribution in [3.05, 3.63) is 42.5 Å². The van der Waals surface area contributed by atoms with Crippen LogP contribution >= 0.6 is 0 Å². The normalized spacial score (nSPS) is 26.8. The Kier molecular flexibility index (Phi) is 5.87. The summed E-state index contributed by atoms with van der Waals surface area (Å²) in [6, 6.07) is 6.39. The number of esters is 2. The molecule has 2 heterocycles. The number of rotatable bonds is 7. The zero-order valence-electron chi connectivity index (χ0n) is 14.0. The van der Waals surface area contributed by atoms with Gasteiger partial charge in [0.25, 0.3) is 0 Å². The highest BCUT2D eigenvalue weighted by atomic mass is 16.6. The predicted molar refractivity (Wildman–Crippen MR) is 87.8 cm³/mol. The molecule has 0 saturated carbocycles. The van der Waals surface area contributed by atoms with Gasteiger partial charge in [0, 0.05) is 6.08 Å². The Bertz CT molecular complexity index is 656. The second-order valence-electron chi connectivity index (χ2n) is 5.85. The molecular formula is C18H20O8. The number of ether oxygens (including phenoxy) is 5. The van der Waals surface area contributed by atoms with Crippen molar-refractivity contribution < 1.29 is 38.4 Å². The first-order chi connectivity index (χ1) is 12.6. The molecule has 1 aromatic rings. The average molecular weight is 364 g/mol. The van der Waals surface area contributed by atoms with Gasteiger partial charge in [0.1, 0.15) is 37.3 Å². The summed E-state index contributed by atoms with van der Waals surface area (Å²) >= 11 is 0. The van der Waals surface area contributed by atoms with E-state index in [2.05, 4.69) is 6.58 Å². The third-order valence-electron chi connectivity index (χ3n) is 4.09. The lowest BCUT2D eigenvalue weighted by atomic mass is 10.1. The van der Waals surface area contributed by atoms with E-state index in [0.29, 0.717) is 11.3 Å². The molecule has 8 nitrogen and oxygen atoms in total.